The van der Waals surface area contributed by atoms with E-state index in [-0.39, 0.29) is 0 Å². The maximum atomic E-state index is 5.23. The molecular formula is C11H16N6O. The van der Waals surface area contributed by atoms with Crippen LogP contribution in [0.2, 0.25) is 0 Å². The second kappa shape index (κ2) is 4.87. The van der Waals surface area contributed by atoms with E-state index in [0.717, 1.165) is 44.2 Å². The Morgan fingerprint density at radius 2 is 2.22 bits per heavy atom. The summed E-state index contributed by atoms with van der Waals surface area (Å²) in [4.78, 5) is 10.9. The lowest BCUT2D eigenvalue weighted by Gasteiger charge is -2.25. The molecular weight excluding hydrogens is 232 g/mol. The van der Waals surface area contributed by atoms with Crippen LogP contribution in [-0.4, -0.2) is 50.8 Å². The molecule has 1 saturated heterocycles. The van der Waals surface area contributed by atoms with Gasteiger partial charge in [0.25, 0.3) is 5.89 Å². The van der Waals surface area contributed by atoms with Gasteiger partial charge in [0, 0.05) is 39.4 Å². The first-order valence-corrected chi connectivity index (χ1v) is 6.05. The van der Waals surface area contributed by atoms with Crippen molar-refractivity contribution in [2.24, 2.45) is 7.05 Å². The first-order valence-electron chi connectivity index (χ1n) is 6.05. The van der Waals surface area contributed by atoms with Gasteiger partial charge in [0.1, 0.15) is 5.69 Å². The standard InChI is InChI=1S/C11H16N6O/c1-16-6-9(13-8-16)11-14-10(15-18-11)7-17-4-2-12-3-5-17/h6,8,12H,2-5,7H2,1H3. The van der Waals surface area contributed by atoms with Crippen molar-refractivity contribution in [2.75, 3.05) is 26.2 Å². The minimum Gasteiger partial charge on any atom is -0.340 e. The summed E-state index contributed by atoms with van der Waals surface area (Å²) in [6, 6.07) is 0. The predicted octanol–water partition coefficient (Wildman–Crippen LogP) is -0.125. The molecule has 0 bridgehead atoms. The average Bonchev–Trinajstić information content (AvgIpc) is 2.99. The molecule has 0 amide bonds. The molecule has 2 aromatic heterocycles. The van der Waals surface area contributed by atoms with Crippen molar-refractivity contribution >= 4 is 0 Å². The normalized spacial score (nSPS) is 17.2. The van der Waals surface area contributed by atoms with Gasteiger partial charge in [-0.1, -0.05) is 5.16 Å². The number of nitrogens with one attached hydrogen (secondary N) is 1. The summed E-state index contributed by atoms with van der Waals surface area (Å²) < 4.78 is 7.08. The van der Waals surface area contributed by atoms with Gasteiger partial charge in [-0.25, -0.2) is 4.98 Å². The van der Waals surface area contributed by atoms with Gasteiger partial charge in [-0.05, 0) is 0 Å². The maximum Gasteiger partial charge on any atom is 0.278 e. The predicted molar refractivity (Wildman–Crippen MR) is 64.6 cm³/mol. The van der Waals surface area contributed by atoms with E-state index < -0.39 is 0 Å². The van der Waals surface area contributed by atoms with E-state index in [4.69, 9.17) is 4.52 Å². The van der Waals surface area contributed by atoms with Crippen molar-refractivity contribution < 1.29 is 4.52 Å². The third-order valence-electron chi connectivity index (χ3n) is 2.97. The Hall–Kier alpha value is -1.73. The van der Waals surface area contributed by atoms with Crippen LogP contribution in [-0.2, 0) is 13.6 Å². The molecule has 7 nitrogen and oxygen atoms in total. The van der Waals surface area contributed by atoms with Gasteiger partial charge >= 0.3 is 0 Å². The van der Waals surface area contributed by atoms with E-state index in [2.05, 4.69) is 25.3 Å². The van der Waals surface area contributed by atoms with Gasteiger partial charge in [0.15, 0.2) is 5.82 Å². The van der Waals surface area contributed by atoms with Crippen LogP contribution in [0.5, 0.6) is 0 Å². The molecule has 0 saturated carbocycles. The molecule has 1 fully saturated rings. The first-order chi connectivity index (χ1) is 8.81. The molecule has 3 rings (SSSR count). The summed E-state index contributed by atoms with van der Waals surface area (Å²) in [7, 11) is 1.91. The van der Waals surface area contributed by atoms with Crippen molar-refractivity contribution in [2.45, 2.75) is 6.54 Å². The van der Waals surface area contributed by atoms with Crippen molar-refractivity contribution in [3.63, 3.8) is 0 Å². The van der Waals surface area contributed by atoms with Crippen LogP contribution in [0.4, 0.5) is 0 Å². The van der Waals surface area contributed by atoms with Crippen molar-refractivity contribution in [1.29, 1.82) is 0 Å². The lowest BCUT2D eigenvalue weighted by atomic mass is 10.3. The van der Waals surface area contributed by atoms with Crippen molar-refractivity contribution in [1.82, 2.24) is 29.9 Å². The molecule has 1 aliphatic heterocycles. The second-order valence-corrected chi connectivity index (χ2v) is 4.47. The zero-order chi connectivity index (χ0) is 12.4. The monoisotopic (exact) mass is 248 g/mol. The van der Waals surface area contributed by atoms with E-state index in [1.807, 2.05) is 17.8 Å². The third-order valence-corrected chi connectivity index (χ3v) is 2.97. The summed E-state index contributed by atoms with van der Waals surface area (Å²) >= 11 is 0. The van der Waals surface area contributed by atoms with Crippen LogP contribution in [0, 0.1) is 0 Å². The minimum atomic E-state index is 0.487. The number of nitrogens with zero attached hydrogens (tertiary/aromatic N) is 5. The average molecular weight is 248 g/mol. The fourth-order valence-electron chi connectivity index (χ4n) is 2.01. The first kappa shape index (κ1) is 11.4. The maximum absolute atomic E-state index is 5.23. The Morgan fingerprint density at radius 3 is 2.94 bits per heavy atom. The van der Waals surface area contributed by atoms with E-state index in [1.165, 1.54) is 0 Å². The third kappa shape index (κ3) is 2.41. The van der Waals surface area contributed by atoms with Crippen LogP contribution >= 0.6 is 0 Å². The highest BCUT2D eigenvalue weighted by atomic mass is 16.5. The Kier molecular flexibility index (Phi) is 3.07. The SMILES string of the molecule is Cn1cnc(-c2nc(CN3CCNCC3)no2)c1. The Bertz CT molecular complexity index is 513. The largest absolute Gasteiger partial charge is 0.340 e. The summed E-state index contributed by atoms with van der Waals surface area (Å²) in [5, 5.41) is 7.31. The number of hydrogen-bond donors (Lipinski definition) is 1. The molecule has 7 heteroatoms. The number of hydrogen-bond acceptors (Lipinski definition) is 6. The molecule has 0 unspecified atom stereocenters. The van der Waals surface area contributed by atoms with Crippen molar-refractivity contribution in [3.8, 4) is 11.6 Å². The van der Waals surface area contributed by atoms with Gasteiger partial charge in [0.2, 0.25) is 0 Å². The van der Waals surface area contributed by atoms with Crippen molar-refractivity contribution in [3.05, 3.63) is 18.3 Å². The fourth-order valence-corrected chi connectivity index (χ4v) is 2.01. The minimum absolute atomic E-state index is 0.487. The molecule has 0 spiro atoms. The lowest BCUT2D eigenvalue weighted by molar-refractivity contribution is 0.225. The van der Waals surface area contributed by atoms with Gasteiger partial charge in [-0.3, -0.25) is 4.90 Å². The summed E-state index contributed by atoms with van der Waals surface area (Å²) in [6.45, 7) is 4.81. The second-order valence-electron chi connectivity index (χ2n) is 4.47. The zero-order valence-corrected chi connectivity index (χ0v) is 10.3. The Labute approximate surface area is 105 Å². The quantitative estimate of drug-likeness (QED) is 0.816. The fraction of sp³-hybridized carbons (Fsp3) is 0.545. The molecule has 3 heterocycles. The van der Waals surface area contributed by atoms with Gasteiger partial charge in [0.05, 0.1) is 12.9 Å². The Morgan fingerprint density at radius 1 is 1.39 bits per heavy atom. The van der Waals surface area contributed by atoms with Crippen LogP contribution in [0.25, 0.3) is 11.6 Å². The van der Waals surface area contributed by atoms with E-state index >= 15 is 0 Å². The summed E-state index contributed by atoms with van der Waals surface area (Å²) in [5.74, 6) is 1.21. The lowest BCUT2D eigenvalue weighted by Crippen LogP contribution is -2.43. The zero-order valence-electron chi connectivity index (χ0n) is 10.3. The molecule has 0 radical (unpaired) electrons. The molecule has 1 N–H and O–H groups in total. The highest BCUT2D eigenvalue weighted by Crippen LogP contribution is 2.14. The topological polar surface area (TPSA) is 72.0 Å². The number of aryl methyl sites for hydroxylation is 1. The summed E-state index contributed by atoms with van der Waals surface area (Å²) in [6.07, 6.45) is 3.58. The van der Waals surface area contributed by atoms with E-state index in [9.17, 15) is 0 Å². The molecule has 2 aromatic rings. The van der Waals surface area contributed by atoms with E-state index in [1.54, 1.807) is 6.33 Å². The van der Waals surface area contributed by atoms with Crippen LogP contribution in [0.3, 0.4) is 0 Å². The molecule has 96 valence electrons. The number of piperazine rings is 1. The smallest absolute Gasteiger partial charge is 0.278 e. The van der Waals surface area contributed by atoms with Gasteiger partial charge < -0.3 is 14.4 Å². The molecule has 18 heavy (non-hydrogen) atoms. The number of aromatic nitrogens is 4. The number of imidazole rings is 1. The van der Waals surface area contributed by atoms with Gasteiger partial charge in [-0.2, -0.15) is 4.98 Å². The highest BCUT2D eigenvalue weighted by Gasteiger charge is 2.15. The Balaban J connectivity index is 1.69. The van der Waals surface area contributed by atoms with Crippen LogP contribution in [0.15, 0.2) is 17.0 Å². The highest BCUT2D eigenvalue weighted by molar-refractivity contribution is 5.44. The number of rotatable bonds is 3. The van der Waals surface area contributed by atoms with E-state index in [0.29, 0.717) is 5.89 Å². The van der Waals surface area contributed by atoms with Gasteiger partial charge in [-0.15, -0.1) is 0 Å². The molecule has 0 atom stereocenters. The molecule has 0 aromatic carbocycles. The molecule has 0 aliphatic carbocycles. The van der Waals surface area contributed by atoms with Crippen LogP contribution in [0.1, 0.15) is 5.82 Å². The molecule has 1 aliphatic rings. The summed E-state index contributed by atoms with van der Waals surface area (Å²) in [5.41, 5.74) is 0.719. The van der Waals surface area contributed by atoms with Crippen LogP contribution < -0.4 is 5.32 Å².